The zero-order chi connectivity index (χ0) is 15.8. The van der Waals surface area contributed by atoms with E-state index >= 15 is 0 Å². The molecule has 21 heavy (non-hydrogen) atoms. The van der Waals surface area contributed by atoms with Gasteiger partial charge in [0.1, 0.15) is 5.15 Å². The molecule has 5 nitrogen and oxygen atoms in total. The molecule has 0 N–H and O–H groups in total. The highest BCUT2D eigenvalue weighted by atomic mass is 35.5. The van der Waals surface area contributed by atoms with Gasteiger partial charge in [0, 0.05) is 17.7 Å². The van der Waals surface area contributed by atoms with Crippen molar-refractivity contribution in [2.45, 2.75) is 12.1 Å². The largest absolute Gasteiger partial charge is 0.435 e. The van der Waals surface area contributed by atoms with Gasteiger partial charge in [-0.2, -0.15) is 18.3 Å². The van der Waals surface area contributed by atoms with Crippen LogP contribution in [0.15, 0.2) is 24.3 Å². The van der Waals surface area contributed by atoms with Crippen molar-refractivity contribution in [3.63, 3.8) is 0 Å². The van der Waals surface area contributed by atoms with E-state index in [2.05, 4.69) is 5.10 Å². The van der Waals surface area contributed by atoms with Crippen molar-refractivity contribution in [2.75, 3.05) is 0 Å². The molecule has 2 aromatic rings. The molecule has 0 aliphatic heterocycles. The highest BCUT2D eigenvalue weighted by Gasteiger charge is 2.39. The topological polar surface area (TPSA) is 61.0 Å². The lowest BCUT2D eigenvalue weighted by atomic mass is 10.2. The summed E-state index contributed by atoms with van der Waals surface area (Å²) in [6.07, 6.45) is -4.72. The van der Waals surface area contributed by atoms with Crippen LogP contribution in [0, 0.1) is 10.1 Å². The molecule has 0 saturated carbocycles. The molecule has 0 radical (unpaired) electrons. The molecule has 0 bridgehead atoms. The zero-order valence-electron chi connectivity index (χ0n) is 10.1. The van der Waals surface area contributed by atoms with Crippen molar-refractivity contribution in [1.82, 2.24) is 9.78 Å². The van der Waals surface area contributed by atoms with E-state index in [1.54, 1.807) is 0 Å². The van der Waals surface area contributed by atoms with E-state index in [1.807, 2.05) is 0 Å². The summed E-state index contributed by atoms with van der Waals surface area (Å²) in [7, 11) is 0. The predicted octanol–water partition coefficient (Wildman–Crippen LogP) is 4.19. The molecule has 0 spiro atoms. The predicted molar refractivity (Wildman–Crippen MR) is 69.8 cm³/mol. The maximum atomic E-state index is 12.9. The lowest BCUT2D eigenvalue weighted by Crippen LogP contribution is -2.09. The second-order valence-electron chi connectivity index (χ2n) is 3.94. The van der Waals surface area contributed by atoms with Gasteiger partial charge < -0.3 is 0 Å². The summed E-state index contributed by atoms with van der Waals surface area (Å²) in [5, 5.41) is 13.7. The average Bonchev–Trinajstić information content (AvgIpc) is 2.75. The minimum atomic E-state index is -4.72. The first-order chi connectivity index (χ1) is 9.75. The van der Waals surface area contributed by atoms with E-state index < -0.39 is 22.7 Å². The number of nitrogens with zero attached hydrogens (tertiary/aromatic N) is 3. The molecule has 1 heterocycles. The number of aromatic nitrogens is 2. The van der Waals surface area contributed by atoms with Gasteiger partial charge in [0.2, 0.25) is 0 Å². The fourth-order valence-electron chi connectivity index (χ4n) is 1.69. The lowest BCUT2D eigenvalue weighted by molar-refractivity contribution is -0.384. The van der Waals surface area contributed by atoms with Gasteiger partial charge in [0.05, 0.1) is 16.5 Å². The van der Waals surface area contributed by atoms with E-state index in [-0.39, 0.29) is 22.1 Å². The van der Waals surface area contributed by atoms with Gasteiger partial charge in [0.25, 0.3) is 5.69 Å². The summed E-state index contributed by atoms with van der Waals surface area (Å²) in [5.74, 6) is -0.484. The quantitative estimate of drug-likeness (QED) is 0.478. The molecule has 2 rings (SSSR count). The third-order valence-electron chi connectivity index (χ3n) is 2.61. The van der Waals surface area contributed by atoms with Gasteiger partial charge in [-0.25, -0.2) is 4.68 Å². The Hall–Kier alpha value is -1.80. The third-order valence-corrected chi connectivity index (χ3v) is 3.26. The van der Waals surface area contributed by atoms with Crippen molar-refractivity contribution in [3.8, 4) is 5.69 Å². The Labute approximate surface area is 126 Å². The average molecular weight is 340 g/mol. The van der Waals surface area contributed by atoms with Gasteiger partial charge >= 0.3 is 6.18 Å². The number of nitro groups is 1. The minimum absolute atomic E-state index is 0.0380. The van der Waals surface area contributed by atoms with Crippen molar-refractivity contribution in [1.29, 1.82) is 0 Å². The Bertz CT molecular complexity index is 701. The minimum Gasteiger partial charge on any atom is -0.258 e. The first-order valence-corrected chi connectivity index (χ1v) is 6.32. The van der Waals surface area contributed by atoms with E-state index in [4.69, 9.17) is 23.2 Å². The molecular formula is C11H6Cl2F3N3O2. The zero-order valence-corrected chi connectivity index (χ0v) is 11.6. The van der Waals surface area contributed by atoms with Crippen LogP contribution in [0.5, 0.6) is 0 Å². The number of rotatable bonds is 3. The molecule has 0 aliphatic carbocycles. The number of hydrogen-bond acceptors (Lipinski definition) is 3. The van der Waals surface area contributed by atoms with Crippen molar-refractivity contribution >= 4 is 28.9 Å². The Morgan fingerprint density at radius 2 is 2.05 bits per heavy atom. The summed E-state index contributed by atoms with van der Waals surface area (Å²) < 4.78 is 39.3. The third kappa shape index (κ3) is 2.96. The fraction of sp³-hybridized carbons (Fsp3) is 0.182. The van der Waals surface area contributed by atoms with Gasteiger partial charge in [0.15, 0.2) is 5.69 Å². The molecule has 112 valence electrons. The van der Waals surface area contributed by atoms with Crippen LogP contribution < -0.4 is 0 Å². The maximum Gasteiger partial charge on any atom is 0.435 e. The number of halogens is 5. The van der Waals surface area contributed by atoms with Crippen molar-refractivity contribution in [2.24, 2.45) is 0 Å². The highest BCUT2D eigenvalue weighted by molar-refractivity contribution is 6.31. The molecule has 10 heteroatoms. The number of non-ortho nitro benzene ring substituents is 1. The van der Waals surface area contributed by atoms with Crippen molar-refractivity contribution in [3.05, 3.63) is 50.8 Å². The summed E-state index contributed by atoms with van der Waals surface area (Å²) in [6.45, 7) is 0. The van der Waals surface area contributed by atoms with Gasteiger partial charge in [-0.05, 0) is 6.07 Å². The molecule has 0 unspecified atom stereocenters. The summed E-state index contributed by atoms with van der Waals surface area (Å²) in [6, 6.07) is 4.94. The van der Waals surface area contributed by atoms with Gasteiger partial charge in [-0.3, -0.25) is 10.1 Å². The van der Waals surface area contributed by atoms with Gasteiger partial charge in [-0.1, -0.05) is 17.7 Å². The molecular weight excluding hydrogens is 334 g/mol. The fourth-order valence-corrected chi connectivity index (χ4v) is 2.30. The second kappa shape index (κ2) is 5.53. The van der Waals surface area contributed by atoms with Crippen molar-refractivity contribution < 1.29 is 18.1 Å². The standard InChI is InChI=1S/C11H6Cl2F3N3O2/c12-5-8-9(11(14,15)16)17-18(10(8)13)6-2-1-3-7(4-6)19(20)21/h1-4H,5H2. The summed E-state index contributed by atoms with van der Waals surface area (Å²) in [5.41, 5.74) is -1.84. The second-order valence-corrected chi connectivity index (χ2v) is 4.56. The smallest absolute Gasteiger partial charge is 0.258 e. The first-order valence-electron chi connectivity index (χ1n) is 5.41. The Morgan fingerprint density at radius 1 is 1.38 bits per heavy atom. The van der Waals surface area contributed by atoms with Crippen LogP contribution in [0.2, 0.25) is 5.15 Å². The Kier molecular flexibility index (Phi) is 4.11. The monoisotopic (exact) mass is 339 g/mol. The van der Waals surface area contributed by atoms with Crippen LogP contribution in [0.4, 0.5) is 18.9 Å². The molecule has 0 fully saturated rings. The van der Waals surface area contributed by atoms with E-state index in [9.17, 15) is 23.3 Å². The van der Waals surface area contributed by atoms with E-state index in [1.165, 1.54) is 18.2 Å². The Balaban J connectivity index is 2.62. The van der Waals surface area contributed by atoms with Crippen LogP contribution in [-0.4, -0.2) is 14.7 Å². The molecule has 0 atom stereocenters. The lowest BCUT2D eigenvalue weighted by Gasteiger charge is -2.03. The van der Waals surface area contributed by atoms with Crippen LogP contribution in [0.25, 0.3) is 5.69 Å². The molecule has 0 aliphatic rings. The van der Waals surface area contributed by atoms with E-state index in [0.717, 1.165) is 10.7 Å². The Morgan fingerprint density at radius 3 is 2.52 bits per heavy atom. The molecule has 1 aromatic carbocycles. The van der Waals surface area contributed by atoms with Crippen LogP contribution in [0.1, 0.15) is 11.3 Å². The first kappa shape index (κ1) is 15.6. The normalized spacial score (nSPS) is 11.7. The molecule has 0 saturated heterocycles. The molecule has 0 amide bonds. The number of benzene rings is 1. The van der Waals surface area contributed by atoms with Crippen LogP contribution >= 0.6 is 23.2 Å². The van der Waals surface area contributed by atoms with Gasteiger partial charge in [-0.15, -0.1) is 11.6 Å². The van der Waals surface area contributed by atoms with Crippen LogP contribution in [-0.2, 0) is 12.1 Å². The SMILES string of the molecule is O=[N+]([O-])c1cccc(-n2nc(C(F)(F)F)c(CCl)c2Cl)c1. The maximum absolute atomic E-state index is 12.9. The van der Waals surface area contributed by atoms with E-state index in [0.29, 0.717) is 0 Å². The number of nitro benzene ring substituents is 1. The molecule has 1 aromatic heterocycles. The highest BCUT2D eigenvalue weighted by Crippen LogP contribution is 2.36. The van der Waals surface area contributed by atoms with Crippen LogP contribution in [0.3, 0.4) is 0 Å². The summed E-state index contributed by atoms with van der Waals surface area (Å²) >= 11 is 11.3. The summed E-state index contributed by atoms with van der Waals surface area (Å²) in [4.78, 5) is 10.0. The number of hydrogen-bond donors (Lipinski definition) is 0. The number of alkyl halides is 4.